The molecule has 0 heterocycles. The monoisotopic (exact) mass is 244 g/mol. The molecule has 0 aromatic carbocycles. The molecule has 0 atom stereocenters. The van der Waals surface area contributed by atoms with Crippen LogP contribution in [0.4, 0.5) is 0 Å². The lowest BCUT2D eigenvalue weighted by Crippen LogP contribution is -2.48. The predicted molar refractivity (Wildman–Crippen MR) is 62.7 cm³/mol. The first-order chi connectivity index (χ1) is 7.53. The number of nitrogens with two attached hydrogens (primary N) is 1. The Morgan fingerprint density at radius 2 is 2.00 bits per heavy atom. The van der Waals surface area contributed by atoms with Gasteiger partial charge in [0, 0.05) is 0 Å². The number of hydrogen-bond donors (Lipinski definition) is 2. The van der Waals surface area contributed by atoms with Gasteiger partial charge in [-0.15, -0.1) is 0 Å². The molecule has 6 heteroatoms. The molecule has 0 bridgehead atoms. The minimum Gasteiger partial charge on any atom is -0.468 e. The van der Waals surface area contributed by atoms with E-state index in [1.54, 1.807) is 0 Å². The van der Waals surface area contributed by atoms with Gasteiger partial charge in [-0.1, -0.05) is 25.1 Å². The molecule has 1 aliphatic rings. The molecule has 1 fully saturated rings. The van der Waals surface area contributed by atoms with Crippen molar-refractivity contribution < 1.29 is 14.3 Å². The predicted octanol–water partition coefficient (Wildman–Crippen LogP) is 0.122. The van der Waals surface area contributed by atoms with Gasteiger partial charge in [0.2, 0.25) is 5.91 Å². The van der Waals surface area contributed by atoms with Crippen LogP contribution < -0.4 is 11.1 Å². The van der Waals surface area contributed by atoms with Gasteiger partial charge in [-0.3, -0.25) is 9.59 Å². The number of amides is 1. The van der Waals surface area contributed by atoms with Crippen LogP contribution in [0.15, 0.2) is 0 Å². The fourth-order valence-electron chi connectivity index (χ4n) is 1.96. The molecule has 0 spiro atoms. The Balaban J connectivity index is 2.62. The molecule has 16 heavy (non-hydrogen) atoms. The summed E-state index contributed by atoms with van der Waals surface area (Å²) >= 11 is 4.95. The van der Waals surface area contributed by atoms with Crippen LogP contribution in [-0.4, -0.2) is 30.5 Å². The van der Waals surface area contributed by atoms with E-state index in [2.05, 4.69) is 10.1 Å². The molecule has 3 N–H and O–H groups in total. The van der Waals surface area contributed by atoms with E-state index in [-0.39, 0.29) is 17.4 Å². The van der Waals surface area contributed by atoms with E-state index in [1.165, 1.54) is 7.11 Å². The summed E-state index contributed by atoms with van der Waals surface area (Å²) in [5, 5.41) is 2.52. The van der Waals surface area contributed by atoms with Gasteiger partial charge >= 0.3 is 5.97 Å². The van der Waals surface area contributed by atoms with Crippen LogP contribution in [-0.2, 0) is 14.3 Å². The molecule has 0 saturated heterocycles. The van der Waals surface area contributed by atoms with Gasteiger partial charge in [-0.2, -0.15) is 0 Å². The number of ether oxygens (including phenoxy) is 1. The van der Waals surface area contributed by atoms with Crippen molar-refractivity contribution in [2.75, 3.05) is 13.7 Å². The molecule has 1 amide bonds. The number of esters is 1. The first-order valence-electron chi connectivity index (χ1n) is 5.18. The average Bonchev–Trinajstić information content (AvgIpc) is 2.75. The van der Waals surface area contributed by atoms with Gasteiger partial charge in [0.25, 0.3) is 0 Å². The SMILES string of the molecule is COC(=O)CNC(=O)C1(C(N)=S)CCCC1. The molecule has 1 aliphatic carbocycles. The topological polar surface area (TPSA) is 81.4 Å². The second kappa shape index (κ2) is 5.25. The van der Waals surface area contributed by atoms with Crippen molar-refractivity contribution in [3.8, 4) is 0 Å². The van der Waals surface area contributed by atoms with Crippen LogP contribution in [0.2, 0.25) is 0 Å². The summed E-state index contributed by atoms with van der Waals surface area (Å²) in [7, 11) is 1.27. The quantitative estimate of drug-likeness (QED) is 0.542. The van der Waals surface area contributed by atoms with Crippen molar-refractivity contribution in [1.82, 2.24) is 5.32 Å². The van der Waals surface area contributed by atoms with Crippen molar-refractivity contribution in [3.63, 3.8) is 0 Å². The minimum absolute atomic E-state index is 0.139. The maximum Gasteiger partial charge on any atom is 0.325 e. The maximum absolute atomic E-state index is 11.9. The molecule has 1 saturated carbocycles. The largest absolute Gasteiger partial charge is 0.468 e. The van der Waals surface area contributed by atoms with E-state index in [4.69, 9.17) is 18.0 Å². The van der Waals surface area contributed by atoms with E-state index in [1.807, 2.05) is 0 Å². The number of thiocarbonyl (C=S) groups is 1. The highest BCUT2D eigenvalue weighted by Gasteiger charge is 2.43. The fraction of sp³-hybridized carbons (Fsp3) is 0.700. The van der Waals surface area contributed by atoms with E-state index in [0.29, 0.717) is 12.8 Å². The molecule has 0 unspecified atom stereocenters. The van der Waals surface area contributed by atoms with Crippen molar-refractivity contribution in [2.24, 2.45) is 11.1 Å². The van der Waals surface area contributed by atoms with Crippen LogP contribution in [0.3, 0.4) is 0 Å². The molecule has 0 aromatic rings. The third kappa shape index (κ3) is 2.49. The first-order valence-corrected chi connectivity index (χ1v) is 5.59. The van der Waals surface area contributed by atoms with Crippen molar-refractivity contribution in [1.29, 1.82) is 0 Å². The van der Waals surface area contributed by atoms with E-state index in [9.17, 15) is 9.59 Å². The van der Waals surface area contributed by atoms with Crippen LogP contribution in [0.25, 0.3) is 0 Å². The number of nitrogens with one attached hydrogen (secondary N) is 1. The van der Waals surface area contributed by atoms with Crippen LogP contribution in [0.5, 0.6) is 0 Å². The summed E-state index contributed by atoms with van der Waals surface area (Å²) in [6, 6.07) is 0. The van der Waals surface area contributed by atoms with Crippen molar-refractivity contribution in [3.05, 3.63) is 0 Å². The zero-order chi connectivity index (χ0) is 12.2. The number of hydrogen-bond acceptors (Lipinski definition) is 4. The summed E-state index contributed by atoms with van der Waals surface area (Å²) in [4.78, 5) is 23.1. The highest BCUT2D eigenvalue weighted by molar-refractivity contribution is 7.80. The molecule has 0 aromatic heterocycles. The second-order valence-electron chi connectivity index (χ2n) is 3.91. The molecule has 90 valence electrons. The Labute approximate surface area is 99.7 Å². The number of carbonyl (C=O) groups excluding carboxylic acids is 2. The molecule has 0 radical (unpaired) electrons. The third-order valence-corrected chi connectivity index (χ3v) is 3.38. The zero-order valence-corrected chi connectivity index (χ0v) is 10.1. The lowest BCUT2D eigenvalue weighted by Gasteiger charge is -2.25. The first kappa shape index (κ1) is 12.9. The zero-order valence-electron chi connectivity index (χ0n) is 9.25. The lowest BCUT2D eigenvalue weighted by molar-refractivity contribution is -0.142. The normalized spacial score (nSPS) is 17.8. The smallest absolute Gasteiger partial charge is 0.325 e. The molecule has 5 nitrogen and oxygen atoms in total. The summed E-state index contributed by atoms with van der Waals surface area (Å²) in [6.07, 6.45) is 3.19. The molecule has 0 aliphatic heterocycles. The minimum atomic E-state index is -0.761. The lowest BCUT2D eigenvalue weighted by atomic mass is 9.85. The highest BCUT2D eigenvalue weighted by atomic mass is 32.1. The van der Waals surface area contributed by atoms with Gasteiger partial charge in [-0.25, -0.2) is 0 Å². The highest BCUT2D eigenvalue weighted by Crippen LogP contribution is 2.38. The number of carbonyl (C=O) groups is 2. The Kier molecular flexibility index (Phi) is 4.23. The maximum atomic E-state index is 11.9. The molecule has 1 rings (SSSR count). The van der Waals surface area contributed by atoms with Crippen molar-refractivity contribution in [2.45, 2.75) is 25.7 Å². The molecular weight excluding hydrogens is 228 g/mol. The standard InChI is InChI=1S/C10H16N2O3S/c1-15-7(13)6-12-9(14)10(8(11)16)4-2-3-5-10/h2-6H2,1H3,(H2,11,16)(H,12,14). The van der Waals surface area contributed by atoms with Gasteiger partial charge in [0.05, 0.1) is 17.5 Å². The Morgan fingerprint density at radius 3 is 2.44 bits per heavy atom. The average molecular weight is 244 g/mol. The van der Waals surface area contributed by atoms with E-state index in [0.717, 1.165) is 12.8 Å². The summed E-state index contributed by atoms with van der Waals surface area (Å²) in [5.41, 5.74) is 4.87. The van der Waals surface area contributed by atoms with Gasteiger partial charge < -0.3 is 15.8 Å². The van der Waals surface area contributed by atoms with Gasteiger partial charge in [0.1, 0.15) is 6.54 Å². The summed E-state index contributed by atoms with van der Waals surface area (Å²) in [5.74, 6) is -0.743. The van der Waals surface area contributed by atoms with Gasteiger partial charge in [-0.05, 0) is 12.8 Å². The van der Waals surface area contributed by atoms with E-state index < -0.39 is 11.4 Å². The van der Waals surface area contributed by atoms with Crippen LogP contribution >= 0.6 is 12.2 Å². The van der Waals surface area contributed by atoms with Gasteiger partial charge in [0.15, 0.2) is 0 Å². The van der Waals surface area contributed by atoms with Crippen LogP contribution in [0.1, 0.15) is 25.7 Å². The van der Waals surface area contributed by atoms with Crippen LogP contribution in [0, 0.1) is 5.41 Å². The second-order valence-corrected chi connectivity index (χ2v) is 4.35. The molecular formula is C10H16N2O3S. The number of rotatable bonds is 4. The Morgan fingerprint density at radius 1 is 1.44 bits per heavy atom. The Hall–Kier alpha value is -1.17. The number of methoxy groups -OCH3 is 1. The van der Waals surface area contributed by atoms with Crippen molar-refractivity contribution >= 4 is 29.1 Å². The third-order valence-electron chi connectivity index (χ3n) is 2.98. The summed E-state index contributed by atoms with van der Waals surface area (Å²) in [6.45, 7) is -0.139. The van der Waals surface area contributed by atoms with E-state index >= 15 is 0 Å². The fourth-order valence-corrected chi connectivity index (χ4v) is 2.25. The summed E-state index contributed by atoms with van der Waals surface area (Å²) < 4.78 is 4.44. The Bertz CT molecular complexity index is 311.